The van der Waals surface area contributed by atoms with Crippen LogP contribution in [-0.2, 0) is 6.54 Å². The summed E-state index contributed by atoms with van der Waals surface area (Å²) < 4.78 is 15.5. The van der Waals surface area contributed by atoms with E-state index in [9.17, 15) is 4.39 Å². The van der Waals surface area contributed by atoms with Gasteiger partial charge < -0.3 is 4.57 Å². The molecule has 4 rings (SSSR count). The summed E-state index contributed by atoms with van der Waals surface area (Å²) in [5, 5.41) is 2.09. The first-order valence-corrected chi connectivity index (χ1v) is 9.66. The molecule has 0 aliphatic heterocycles. The monoisotopic (exact) mass is 374 g/mol. The predicted molar refractivity (Wildman–Crippen MR) is 110 cm³/mol. The first-order valence-electron chi connectivity index (χ1n) is 8.79. The first kappa shape index (κ1) is 17.4. The van der Waals surface area contributed by atoms with E-state index < -0.39 is 0 Å². The minimum absolute atomic E-state index is 0.228. The van der Waals surface area contributed by atoms with E-state index in [0.717, 1.165) is 21.7 Å². The van der Waals surface area contributed by atoms with Crippen LogP contribution >= 0.6 is 11.3 Å². The molecule has 134 valence electrons. The topological polar surface area (TPSA) is 17.3 Å². The smallest absolute Gasteiger partial charge is 0.190 e. The quantitative estimate of drug-likeness (QED) is 0.420. The number of hydrogen-bond acceptors (Lipinski definition) is 2. The average Bonchev–Trinajstić information content (AvgIpc) is 3.07. The molecule has 0 atom stereocenters. The summed E-state index contributed by atoms with van der Waals surface area (Å²) in [5.41, 5.74) is 5.38. The van der Waals surface area contributed by atoms with Crippen molar-refractivity contribution in [2.75, 3.05) is 0 Å². The summed E-state index contributed by atoms with van der Waals surface area (Å²) in [4.78, 5) is 5.74. The van der Waals surface area contributed by atoms with Crippen LogP contribution in [0, 0.1) is 12.7 Å². The molecule has 0 aliphatic rings. The van der Waals surface area contributed by atoms with Gasteiger partial charge in [-0.2, -0.15) is 0 Å². The van der Waals surface area contributed by atoms with Gasteiger partial charge in [-0.1, -0.05) is 48.0 Å². The third-order valence-corrected chi connectivity index (χ3v) is 5.24. The van der Waals surface area contributed by atoms with Crippen molar-refractivity contribution in [1.29, 1.82) is 0 Å². The highest BCUT2D eigenvalue weighted by molar-refractivity contribution is 7.07. The zero-order valence-electron chi connectivity index (χ0n) is 15.0. The molecular weight excluding hydrogens is 355 g/mol. The van der Waals surface area contributed by atoms with Gasteiger partial charge in [0, 0.05) is 5.38 Å². The molecule has 4 heteroatoms. The van der Waals surface area contributed by atoms with Crippen molar-refractivity contribution in [3.63, 3.8) is 0 Å². The Morgan fingerprint density at radius 1 is 0.889 bits per heavy atom. The number of halogens is 1. The molecule has 0 radical (unpaired) electrons. The Hall–Kier alpha value is -2.98. The summed E-state index contributed by atoms with van der Waals surface area (Å²) in [6, 6.07) is 25.1. The van der Waals surface area contributed by atoms with Crippen LogP contribution in [0.2, 0.25) is 0 Å². The van der Waals surface area contributed by atoms with Gasteiger partial charge in [-0.15, -0.1) is 11.3 Å². The fourth-order valence-electron chi connectivity index (χ4n) is 2.91. The van der Waals surface area contributed by atoms with Crippen LogP contribution in [0.1, 0.15) is 11.1 Å². The van der Waals surface area contributed by atoms with Crippen molar-refractivity contribution in [3.8, 4) is 11.3 Å². The highest BCUT2D eigenvalue weighted by atomic mass is 32.1. The van der Waals surface area contributed by atoms with E-state index in [4.69, 9.17) is 4.99 Å². The number of rotatable bonds is 4. The van der Waals surface area contributed by atoms with E-state index in [1.54, 1.807) is 11.3 Å². The third-order valence-electron chi connectivity index (χ3n) is 4.38. The molecule has 2 nitrogen and oxygen atoms in total. The highest BCUT2D eigenvalue weighted by Gasteiger charge is 2.09. The average molecular weight is 374 g/mol. The minimum atomic E-state index is -0.228. The lowest BCUT2D eigenvalue weighted by atomic mass is 10.1. The van der Waals surface area contributed by atoms with Gasteiger partial charge in [0.25, 0.3) is 0 Å². The van der Waals surface area contributed by atoms with E-state index in [2.05, 4.69) is 41.1 Å². The van der Waals surface area contributed by atoms with Gasteiger partial charge in [-0.3, -0.25) is 0 Å². The van der Waals surface area contributed by atoms with E-state index >= 15 is 0 Å². The van der Waals surface area contributed by atoms with Gasteiger partial charge in [0.2, 0.25) is 0 Å². The second kappa shape index (κ2) is 7.72. The van der Waals surface area contributed by atoms with Crippen molar-refractivity contribution in [3.05, 3.63) is 106 Å². The Balaban J connectivity index is 1.83. The molecule has 0 bridgehead atoms. The van der Waals surface area contributed by atoms with Gasteiger partial charge in [0.15, 0.2) is 4.80 Å². The lowest BCUT2D eigenvalue weighted by molar-refractivity contribution is 0.628. The molecular formula is C23H19FN2S. The Bertz CT molecular complexity index is 1090. The molecule has 1 heterocycles. The van der Waals surface area contributed by atoms with E-state index in [0.29, 0.717) is 6.54 Å². The lowest BCUT2D eigenvalue weighted by Gasteiger charge is -2.10. The number of nitrogens with zero attached hydrogens (tertiary/aromatic N) is 2. The van der Waals surface area contributed by atoms with Crippen LogP contribution in [0.4, 0.5) is 10.1 Å². The van der Waals surface area contributed by atoms with Crippen LogP contribution in [0.5, 0.6) is 0 Å². The van der Waals surface area contributed by atoms with Crippen molar-refractivity contribution in [2.24, 2.45) is 4.99 Å². The van der Waals surface area contributed by atoms with Crippen molar-refractivity contribution < 1.29 is 4.39 Å². The predicted octanol–water partition coefficient (Wildman–Crippen LogP) is 5.94. The largest absolute Gasteiger partial charge is 0.312 e. The third kappa shape index (κ3) is 4.07. The second-order valence-corrected chi connectivity index (χ2v) is 7.27. The van der Waals surface area contributed by atoms with Crippen molar-refractivity contribution >= 4 is 17.0 Å². The molecule has 0 unspecified atom stereocenters. The Morgan fingerprint density at radius 2 is 1.59 bits per heavy atom. The number of thiazole rings is 1. The number of benzene rings is 3. The Morgan fingerprint density at radius 3 is 2.30 bits per heavy atom. The van der Waals surface area contributed by atoms with Crippen molar-refractivity contribution in [1.82, 2.24) is 4.57 Å². The molecule has 4 aromatic rings. The van der Waals surface area contributed by atoms with Crippen LogP contribution in [0.15, 0.2) is 89.2 Å². The maximum absolute atomic E-state index is 13.4. The standard InChI is InChI=1S/C23H19FN2S/c1-17-7-9-18(10-8-17)15-26-22(19-11-13-20(24)14-12-19)16-27-23(26)25-21-5-3-2-4-6-21/h2-14,16H,15H2,1H3. The first-order chi connectivity index (χ1) is 13.2. The van der Waals surface area contributed by atoms with Gasteiger partial charge in [-0.05, 0) is 54.4 Å². The second-order valence-electron chi connectivity index (χ2n) is 6.43. The number of para-hydroxylation sites is 1. The van der Waals surface area contributed by atoms with E-state index in [-0.39, 0.29) is 5.82 Å². The molecule has 0 N–H and O–H groups in total. The van der Waals surface area contributed by atoms with Gasteiger partial charge in [0.05, 0.1) is 17.9 Å². The number of hydrogen-bond donors (Lipinski definition) is 0. The number of aromatic nitrogens is 1. The zero-order valence-corrected chi connectivity index (χ0v) is 15.8. The summed E-state index contributed by atoms with van der Waals surface area (Å²) in [5.74, 6) is -0.228. The van der Waals surface area contributed by atoms with Gasteiger partial charge in [0.1, 0.15) is 5.82 Å². The van der Waals surface area contributed by atoms with E-state index in [1.165, 1.54) is 23.3 Å². The molecule has 0 fully saturated rings. The van der Waals surface area contributed by atoms with Gasteiger partial charge in [-0.25, -0.2) is 9.38 Å². The zero-order chi connectivity index (χ0) is 18.6. The summed E-state index contributed by atoms with van der Waals surface area (Å²) in [6.07, 6.45) is 0. The van der Waals surface area contributed by atoms with Crippen LogP contribution in [0.3, 0.4) is 0 Å². The number of aryl methyl sites for hydroxylation is 1. The van der Waals surface area contributed by atoms with Crippen molar-refractivity contribution in [2.45, 2.75) is 13.5 Å². The fraction of sp³-hybridized carbons (Fsp3) is 0.0870. The SMILES string of the molecule is Cc1ccc(Cn2c(-c3ccc(F)cc3)csc2=Nc2ccccc2)cc1. The lowest BCUT2D eigenvalue weighted by Crippen LogP contribution is -2.16. The molecule has 3 aromatic carbocycles. The maximum Gasteiger partial charge on any atom is 0.190 e. The minimum Gasteiger partial charge on any atom is -0.312 e. The van der Waals surface area contributed by atoms with Crippen LogP contribution in [-0.4, -0.2) is 4.57 Å². The maximum atomic E-state index is 13.4. The van der Waals surface area contributed by atoms with E-state index in [1.807, 2.05) is 42.5 Å². The fourth-order valence-corrected chi connectivity index (χ4v) is 3.84. The van der Waals surface area contributed by atoms with Crippen LogP contribution < -0.4 is 4.80 Å². The normalized spacial score (nSPS) is 11.7. The highest BCUT2D eigenvalue weighted by Crippen LogP contribution is 2.22. The van der Waals surface area contributed by atoms with Crippen LogP contribution in [0.25, 0.3) is 11.3 Å². The molecule has 0 aliphatic carbocycles. The molecule has 1 aromatic heterocycles. The molecule has 0 amide bonds. The Labute approximate surface area is 161 Å². The molecule has 0 saturated carbocycles. The molecule has 0 spiro atoms. The molecule has 27 heavy (non-hydrogen) atoms. The molecule has 0 saturated heterocycles. The van der Waals surface area contributed by atoms with Gasteiger partial charge >= 0.3 is 0 Å². The Kier molecular flexibility index (Phi) is 4.99. The summed E-state index contributed by atoms with van der Waals surface area (Å²) in [6.45, 7) is 2.80. The summed E-state index contributed by atoms with van der Waals surface area (Å²) in [7, 11) is 0. The summed E-state index contributed by atoms with van der Waals surface area (Å²) >= 11 is 1.59.